The second-order valence-corrected chi connectivity index (χ2v) is 10.9. The van der Waals surface area contributed by atoms with Gasteiger partial charge in [0.2, 0.25) is 10.0 Å². The summed E-state index contributed by atoms with van der Waals surface area (Å²) >= 11 is 0. The molecule has 0 saturated carbocycles. The largest absolute Gasteiger partial charge is 0.489 e. The maximum atomic E-state index is 12.6. The highest BCUT2D eigenvalue weighted by Gasteiger charge is 2.18. The standard InChI is InChI=1S/C29H32N2O4S/c1-36(33,34)31(27-16-18-28(19-17-27)35-22-25-10-6-3-7-11-25)21-24-12-14-26(15-13-24)29(32)30-20-23-8-4-2-5-9-23/h3,6-8,10-19H,2,4-5,9,20-22H2,1H3,(H,30,32). The van der Waals surface area contributed by atoms with Crippen molar-refractivity contribution in [3.05, 3.63) is 107 Å². The van der Waals surface area contributed by atoms with Crippen LogP contribution in [0, 0.1) is 0 Å². The van der Waals surface area contributed by atoms with Crippen LogP contribution in [0.3, 0.4) is 0 Å². The Balaban J connectivity index is 1.38. The van der Waals surface area contributed by atoms with Gasteiger partial charge in [-0.15, -0.1) is 0 Å². The van der Waals surface area contributed by atoms with Crippen molar-refractivity contribution in [3.8, 4) is 5.75 Å². The van der Waals surface area contributed by atoms with Gasteiger partial charge in [0, 0.05) is 12.1 Å². The maximum absolute atomic E-state index is 12.6. The van der Waals surface area contributed by atoms with Gasteiger partial charge >= 0.3 is 0 Å². The van der Waals surface area contributed by atoms with E-state index in [0.29, 0.717) is 30.2 Å². The highest BCUT2D eigenvalue weighted by Crippen LogP contribution is 2.24. The molecule has 0 bridgehead atoms. The van der Waals surface area contributed by atoms with E-state index in [-0.39, 0.29) is 12.5 Å². The Morgan fingerprint density at radius 3 is 2.28 bits per heavy atom. The second kappa shape index (κ2) is 11.9. The lowest BCUT2D eigenvalue weighted by molar-refractivity contribution is 0.0956. The number of nitrogens with one attached hydrogen (secondary N) is 1. The SMILES string of the molecule is CS(=O)(=O)N(Cc1ccc(C(=O)NCC2=CCCCC2)cc1)c1ccc(OCc2ccccc2)cc1. The highest BCUT2D eigenvalue weighted by molar-refractivity contribution is 7.92. The van der Waals surface area contributed by atoms with E-state index in [1.807, 2.05) is 30.3 Å². The van der Waals surface area contributed by atoms with Crippen molar-refractivity contribution in [1.29, 1.82) is 0 Å². The minimum absolute atomic E-state index is 0.126. The lowest BCUT2D eigenvalue weighted by Crippen LogP contribution is -2.29. The summed E-state index contributed by atoms with van der Waals surface area (Å²) in [5, 5.41) is 2.98. The Kier molecular flexibility index (Phi) is 8.44. The number of hydrogen-bond donors (Lipinski definition) is 1. The number of allylic oxidation sites excluding steroid dienone is 1. The maximum Gasteiger partial charge on any atom is 0.251 e. The molecule has 1 aliphatic carbocycles. The van der Waals surface area contributed by atoms with Crippen LogP contribution in [-0.2, 0) is 23.2 Å². The third-order valence-corrected chi connectivity index (χ3v) is 7.32. The van der Waals surface area contributed by atoms with E-state index in [0.717, 1.165) is 24.0 Å². The first kappa shape index (κ1) is 25.5. The first-order valence-corrected chi connectivity index (χ1v) is 14.0. The molecule has 1 amide bonds. The fourth-order valence-electron chi connectivity index (χ4n) is 4.14. The Morgan fingerprint density at radius 2 is 1.64 bits per heavy atom. The number of carbonyl (C=O) groups excluding carboxylic acids is 1. The van der Waals surface area contributed by atoms with Gasteiger partial charge in [0.05, 0.1) is 18.5 Å². The summed E-state index contributed by atoms with van der Waals surface area (Å²) in [5.74, 6) is 0.537. The number of sulfonamides is 1. The summed E-state index contributed by atoms with van der Waals surface area (Å²) < 4.78 is 32.3. The van der Waals surface area contributed by atoms with Crippen molar-refractivity contribution >= 4 is 21.6 Å². The van der Waals surface area contributed by atoms with Crippen LogP contribution in [0.25, 0.3) is 0 Å². The number of nitrogens with zero attached hydrogens (tertiary/aromatic N) is 1. The number of amides is 1. The number of benzene rings is 3. The molecule has 188 valence electrons. The third kappa shape index (κ3) is 7.21. The lowest BCUT2D eigenvalue weighted by atomic mass is 9.99. The Bertz CT molecular complexity index is 1290. The summed E-state index contributed by atoms with van der Waals surface area (Å²) in [4.78, 5) is 12.5. The fraction of sp³-hybridized carbons (Fsp3) is 0.276. The van der Waals surface area contributed by atoms with Crippen LogP contribution in [0.4, 0.5) is 5.69 Å². The molecular weight excluding hydrogens is 472 g/mol. The summed E-state index contributed by atoms with van der Waals surface area (Å²) in [6.45, 7) is 1.18. The monoisotopic (exact) mass is 504 g/mol. The van der Waals surface area contributed by atoms with Crippen molar-refractivity contribution in [3.63, 3.8) is 0 Å². The lowest BCUT2D eigenvalue weighted by Gasteiger charge is -2.23. The Labute approximate surface area is 213 Å². The van der Waals surface area contributed by atoms with Crippen LogP contribution < -0.4 is 14.4 Å². The normalized spacial score (nSPS) is 13.5. The van der Waals surface area contributed by atoms with Crippen LogP contribution in [0.2, 0.25) is 0 Å². The molecule has 0 atom stereocenters. The zero-order chi connectivity index (χ0) is 25.4. The smallest absolute Gasteiger partial charge is 0.251 e. The predicted octanol–water partition coefficient (Wildman–Crippen LogP) is 5.46. The van der Waals surface area contributed by atoms with E-state index in [2.05, 4.69) is 11.4 Å². The molecule has 3 aromatic carbocycles. The average Bonchev–Trinajstić information content (AvgIpc) is 2.90. The van der Waals surface area contributed by atoms with E-state index in [4.69, 9.17) is 4.74 Å². The molecule has 0 saturated heterocycles. The van der Waals surface area contributed by atoms with Gasteiger partial charge in [-0.25, -0.2) is 8.42 Å². The fourth-order valence-corrected chi connectivity index (χ4v) is 5.03. The van der Waals surface area contributed by atoms with Crippen LogP contribution >= 0.6 is 0 Å². The second-order valence-electron chi connectivity index (χ2n) is 9.03. The number of hydrogen-bond acceptors (Lipinski definition) is 4. The molecule has 6 nitrogen and oxygen atoms in total. The molecule has 0 aromatic heterocycles. The van der Waals surface area contributed by atoms with Crippen LogP contribution in [0.5, 0.6) is 5.75 Å². The Morgan fingerprint density at radius 1 is 0.917 bits per heavy atom. The number of anilines is 1. The predicted molar refractivity (Wildman–Crippen MR) is 144 cm³/mol. The van der Waals surface area contributed by atoms with Crippen LogP contribution in [-0.4, -0.2) is 27.1 Å². The van der Waals surface area contributed by atoms with Crippen molar-refractivity contribution in [2.45, 2.75) is 38.8 Å². The molecule has 7 heteroatoms. The zero-order valence-corrected chi connectivity index (χ0v) is 21.3. The van der Waals surface area contributed by atoms with Crippen molar-refractivity contribution in [2.24, 2.45) is 0 Å². The number of ether oxygens (including phenoxy) is 1. The van der Waals surface area contributed by atoms with E-state index in [9.17, 15) is 13.2 Å². The molecule has 0 heterocycles. The molecule has 1 aliphatic rings. The Hall–Kier alpha value is -3.58. The van der Waals surface area contributed by atoms with Crippen molar-refractivity contribution in [2.75, 3.05) is 17.1 Å². The molecule has 0 radical (unpaired) electrons. The molecule has 3 aromatic rings. The first-order valence-electron chi connectivity index (χ1n) is 12.2. The van der Waals surface area contributed by atoms with Gasteiger partial charge in [0.1, 0.15) is 12.4 Å². The summed E-state index contributed by atoms with van der Waals surface area (Å²) in [5.41, 5.74) is 4.23. The summed E-state index contributed by atoms with van der Waals surface area (Å²) in [6.07, 6.45) is 7.93. The van der Waals surface area contributed by atoms with Crippen LogP contribution in [0.1, 0.15) is 47.2 Å². The van der Waals surface area contributed by atoms with Crippen molar-refractivity contribution < 1.29 is 17.9 Å². The molecule has 4 rings (SSSR count). The zero-order valence-electron chi connectivity index (χ0n) is 20.5. The molecule has 0 fully saturated rings. The van der Waals surface area contributed by atoms with E-state index in [1.165, 1.54) is 29.0 Å². The molecule has 36 heavy (non-hydrogen) atoms. The molecular formula is C29H32N2O4S. The van der Waals surface area contributed by atoms with Crippen molar-refractivity contribution in [1.82, 2.24) is 5.32 Å². The van der Waals surface area contributed by atoms with E-state index in [1.54, 1.807) is 48.5 Å². The van der Waals surface area contributed by atoms with Crippen LogP contribution in [0.15, 0.2) is 90.5 Å². The van der Waals surface area contributed by atoms with Gasteiger partial charge in [-0.05, 0) is 73.2 Å². The summed E-state index contributed by atoms with van der Waals surface area (Å²) in [6, 6.07) is 23.9. The van der Waals surface area contributed by atoms with Gasteiger partial charge in [-0.2, -0.15) is 0 Å². The van der Waals surface area contributed by atoms with Gasteiger partial charge in [0.15, 0.2) is 0 Å². The van der Waals surface area contributed by atoms with Gasteiger partial charge < -0.3 is 10.1 Å². The van der Waals surface area contributed by atoms with E-state index >= 15 is 0 Å². The first-order chi connectivity index (χ1) is 17.4. The quantitative estimate of drug-likeness (QED) is 0.372. The molecule has 1 N–H and O–H groups in total. The third-order valence-electron chi connectivity index (χ3n) is 6.18. The summed E-state index contributed by atoms with van der Waals surface area (Å²) in [7, 11) is -3.52. The molecule has 0 spiro atoms. The molecule has 0 unspecified atom stereocenters. The van der Waals surface area contributed by atoms with Gasteiger partial charge in [-0.3, -0.25) is 9.10 Å². The number of rotatable bonds is 10. The van der Waals surface area contributed by atoms with E-state index < -0.39 is 10.0 Å². The minimum atomic E-state index is -3.52. The number of carbonyl (C=O) groups is 1. The highest BCUT2D eigenvalue weighted by atomic mass is 32.2. The van der Waals surface area contributed by atoms with Gasteiger partial charge in [-0.1, -0.05) is 54.1 Å². The minimum Gasteiger partial charge on any atom is -0.489 e. The van der Waals surface area contributed by atoms with Gasteiger partial charge in [0.25, 0.3) is 5.91 Å². The topological polar surface area (TPSA) is 75.7 Å². The average molecular weight is 505 g/mol. The molecule has 0 aliphatic heterocycles.